The van der Waals surface area contributed by atoms with Crippen LogP contribution in [0.3, 0.4) is 0 Å². The van der Waals surface area contributed by atoms with Gasteiger partial charge in [0, 0.05) is 6.04 Å². The van der Waals surface area contributed by atoms with E-state index in [4.69, 9.17) is 0 Å². The van der Waals surface area contributed by atoms with Crippen molar-refractivity contribution in [1.82, 2.24) is 5.32 Å². The third-order valence-electron chi connectivity index (χ3n) is 3.06. The summed E-state index contributed by atoms with van der Waals surface area (Å²) in [5, 5.41) is 3.58. The highest BCUT2D eigenvalue weighted by molar-refractivity contribution is 5.23. The van der Waals surface area contributed by atoms with Gasteiger partial charge in [0.2, 0.25) is 0 Å². The molecule has 0 amide bonds. The van der Waals surface area contributed by atoms with Gasteiger partial charge in [-0.25, -0.2) is 0 Å². The zero-order valence-electron chi connectivity index (χ0n) is 10.9. The van der Waals surface area contributed by atoms with Gasteiger partial charge in [-0.05, 0) is 32.4 Å². The van der Waals surface area contributed by atoms with Crippen LogP contribution in [0.5, 0.6) is 0 Å². The third-order valence-corrected chi connectivity index (χ3v) is 3.06. The Hall–Kier alpha value is -0.820. The number of unbranched alkanes of at least 4 members (excludes halogenated alkanes) is 3. The monoisotopic (exact) mass is 219 g/mol. The Labute approximate surface area is 100 Å². The molecule has 90 valence electrons. The molecule has 1 heteroatoms. The van der Waals surface area contributed by atoms with Crippen molar-refractivity contribution < 1.29 is 0 Å². The fourth-order valence-corrected chi connectivity index (χ4v) is 1.84. The summed E-state index contributed by atoms with van der Waals surface area (Å²) < 4.78 is 0. The second-order valence-corrected chi connectivity index (χ2v) is 4.65. The summed E-state index contributed by atoms with van der Waals surface area (Å²) in [7, 11) is 0. The lowest BCUT2D eigenvalue weighted by Crippen LogP contribution is -2.19. The van der Waals surface area contributed by atoms with E-state index in [2.05, 4.69) is 50.4 Å². The first-order valence-electron chi connectivity index (χ1n) is 6.54. The molecule has 0 aromatic heterocycles. The Balaban J connectivity index is 2.24. The van der Waals surface area contributed by atoms with E-state index in [0.717, 1.165) is 6.54 Å². The molecule has 1 N–H and O–H groups in total. The Morgan fingerprint density at radius 3 is 2.38 bits per heavy atom. The lowest BCUT2D eigenvalue weighted by Gasteiger charge is -2.14. The Bertz CT molecular complexity index is 276. The van der Waals surface area contributed by atoms with E-state index in [1.807, 2.05) is 0 Å². The number of nitrogens with one attached hydrogen (secondary N) is 1. The summed E-state index contributed by atoms with van der Waals surface area (Å²) in [4.78, 5) is 0. The number of rotatable bonds is 7. The Morgan fingerprint density at radius 2 is 1.75 bits per heavy atom. The standard InChI is InChI=1S/C15H25N/c1-4-5-6-7-12-16-14(3)15-10-8-13(2)9-11-15/h8-11,14,16H,4-7,12H2,1-3H3/t14-/m0/s1. The second kappa shape index (κ2) is 7.45. The van der Waals surface area contributed by atoms with Crippen molar-refractivity contribution in [2.75, 3.05) is 6.54 Å². The average molecular weight is 219 g/mol. The lowest BCUT2D eigenvalue weighted by molar-refractivity contribution is 0.536. The number of hydrogen-bond acceptors (Lipinski definition) is 1. The number of aryl methyl sites for hydroxylation is 1. The molecule has 0 unspecified atom stereocenters. The van der Waals surface area contributed by atoms with Crippen LogP contribution in [0.4, 0.5) is 0 Å². The average Bonchev–Trinajstić information content (AvgIpc) is 2.29. The molecule has 1 aromatic rings. The van der Waals surface area contributed by atoms with E-state index in [9.17, 15) is 0 Å². The molecule has 0 radical (unpaired) electrons. The van der Waals surface area contributed by atoms with E-state index in [-0.39, 0.29) is 0 Å². The van der Waals surface area contributed by atoms with E-state index in [1.54, 1.807) is 0 Å². The highest BCUT2D eigenvalue weighted by Gasteiger charge is 2.02. The molecular weight excluding hydrogens is 194 g/mol. The molecule has 1 rings (SSSR count). The van der Waals surface area contributed by atoms with Crippen molar-refractivity contribution >= 4 is 0 Å². The molecule has 1 atom stereocenters. The van der Waals surface area contributed by atoms with Crippen molar-refractivity contribution in [1.29, 1.82) is 0 Å². The van der Waals surface area contributed by atoms with Gasteiger partial charge in [-0.3, -0.25) is 0 Å². The minimum atomic E-state index is 0.474. The molecule has 0 saturated heterocycles. The first kappa shape index (κ1) is 13.2. The molecule has 16 heavy (non-hydrogen) atoms. The largest absolute Gasteiger partial charge is 0.310 e. The summed E-state index contributed by atoms with van der Waals surface area (Å²) in [6.45, 7) is 7.76. The van der Waals surface area contributed by atoms with E-state index in [0.29, 0.717) is 6.04 Å². The normalized spacial score (nSPS) is 12.7. The predicted octanol–water partition coefficient (Wildman–Crippen LogP) is 4.23. The van der Waals surface area contributed by atoms with Crippen LogP contribution in [0, 0.1) is 6.92 Å². The minimum absolute atomic E-state index is 0.474. The summed E-state index contributed by atoms with van der Waals surface area (Å²) in [6, 6.07) is 9.29. The van der Waals surface area contributed by atoms with Gasteiger partial charge in [0.15, 0.2) is 0 Å². The molecular formula is C15H25N. The lowest BCUT2D eigenvalue weighted by atomic mass is 10.1. The number of benzene rings is 1. The van der Waals surface area contributed by atoms with Gasteiger partial charge < -0.3 is 5.32 Å². The smallest absolute Gasteiger partial charge is 0.0291 e. The fraction of sp³-hybridized carbons (Fsp3) is 0.600. The van der Waals surface area contributed by atoms with Crippen LogP contribution in [-0.4, -0.2) is 6.54 Å². The molecule has 0 heterocycles. The van der Waals surface area contributed by atoms with Gasteiger partial charge in [0.1, 0.15) is 0 Å². The minimum Gasteiger partial charge on any atom is -0.310 e. The van der Waals surface area contributed by atoms with E-state index >= 15 is 0 Å². The van der Waals surface area contributed by atoms with Gasteiger partial charge in [-0.15, -0.1) is 0 Å². The Morgan fingerprint density at radius 1 is 1.06 bits per heavy atom. The quantitative estimate of drug-likeness (QED) is 0.677. The first-order chi connectivity index (χ1) is 7.74. The van der Waals surface area contributed by atoms with Gasteiger partial charge in [-0.1, -0.05) is 56.0 Å². The maximum absolute atomic E-state index is 3.58. The molecule has 0 spiro atoms. The van der Waals surface area contributed by atoms with Crippen molar-refractivity contribution in [2.24, 2.45) is 0 Å². The summed E-state index contributed by atoms with van der Waals surface area (Å²) in [5.74, 6) is 0. The molecule has 0 saturated carbocycles. The topological polar surface area (TPSA) is 12.0 Å². The summed E-state index contributed by atoms with van der Waals surface area (Å²) >= 11 is 0. The van der Waals surface area contributed by atoms with E-state index < -0.39 is 0 Å². The second-order valence-electron chi connectivity index (χ2n) is 4.65. The van der Waals surface area contributed by atoms with Crippen molar-refractivity contribution in [3.63, 3.8) is 0 Å². The SMILES string of the molecule is CCCCCCN[C@@H](C)c1ccc(C)cc1. The zero-order chi connectivity index (χ0) is 11.8. The van der Waals surface area contributed by atoms with Gasteiger partial charge in [0.05, 0.1) is 0 Å². The molecule has 0 aliphatic carbocycles. The van der Waals surface area contributed by atoms with Crippen LogP contribution in [0.25, 0.3) is 0 Å². The van der Waals surface area contributed by atoms with Crippen LogP contribution < -0.4 is 5.32 Å². The van der Waals surface area contributed by atoms with Crippen LogP contribution >= 0.6 is 0 Å². The van der Waals surface area contributed by atoms with E-state index in [1.165, 1.54) is 36.8 Å². The molecule has 1 nitrogen and oxygen atoms in total. The van der Waals surface area contributed by atoms with Gasteiger partial charge >= 0.3 is 0 Å². The molecule has 0 aliphatic rings. The summed E-state index contributed by atoms with van der Waals surface area (Å²) in [5.41, 5.74) is 2.72. The zero-order valence-corrected chi connectivity index (χ0v) is 10.9. The van der Waals surface area contributed by atoms with Crippen molar-refractivity contribution in [3.8, 4) is 0 Å². The maximum Gasteiger partial charge on any atom is 0.0291 e. The Kier molecular flexibility index (Phi) is 6.17. The molecule has 0 aliphatic heterocycles. The van der Waals surface area contributed by atoms with Crippen LogP contribution in [0.2, 0.25) is 0 Å². The fourth-order valence-electron chi connectivity index (χ4n) is 1.84. The predicted molar refractivity (Wildman–Crippen MR) is 71.7 cm³/mol. The molecule has 0 fully saturated rings. The molecule has 1 aromatic carbocycles. The van der Waals surface area contributed by atoms with Crippen molar-refractivity contribution in [3.05, 3.63) is 35.4 Å². The number of hydrogen-bond donors (Lipinski definition) is 1. The third kappa shape index (κ3) is 4.80. The maximum atomic E-state index is 3.58. The van der Waals surface area contributed by atoms with Crippen LogP contribution in [-0.2, 0) is 0 Å². The molecule has 0 bridgehead atoms. The first-order valence-corrected chi connectivity index (χ1v) is 6.54. The highest BCUT2D eigenvalue weighted by Crippen LogP contribution is 2.13. The van der Waals surface area contributed by atoms with Gasteiger partial charge in [-0.2, -0.15) is 0 Å². The van der Waals surface area contributed by atoms with Gasteiger partial charge in [0.25, 0.3) is 0 Å². The van der Waals surface area contributed by atoms with Crippen LogP contribution in [0.15, 0.2) is 24.3 Å². The van der Waals surface area contributed by atoms with Crippen LogP contribution in [0.1, 0.15) is 56.7 Å². The summed E-state index contributed by atoms with van der Waals surface area (Å²) in [6.07, 6.45) is 5.32. The highest BCUT2D eigenvalue weighted by atomic mass is 14.9. The van der Waals surface area contributed by atoms with Crippen molar-refractivity contribution in [2.45, 2.75) is 52.5 Å².